The van der Waals surface area contributed by atoms with Gasteiger partial charge in [0.25, 0.3) is 0 Å². The highest BCUT2D eigenvalue weighted by Crippen LogP contribution is 2.46. The van der Waals surface area contributed by atoms with Crippen LogP contribution in [0.1, 0.15) is 34.1 Å². The van der Waals surface area contributed by atoms with Crippen LogP contribution in [0.25, 0.3) is 22.0 Å². The number of anilines is 1. The predicted octanol–water partition coefficient (Wildman–Crippen LogP) is 6.10. The van der Waals surface area contributed by atoms with Gasteiger partial charge in [-0.2, -0.15) is 0 Å². The summed E-state index contributed by atoms with van der Waals surface area (Å²) in [6.07, 6.45) is 1.87. The molecule has 1 aliphatic heterocycles. The normalized spacial score (nSPS) is 19.6. The van der Waals surface area contributed by atoms with Gasteiger partial charge in [-0.25, -0.2) is 14.8 Å². The molecule has 0 radical (unpaired) electrons. The standard InChI is InChI=1S/C27H32Cl2N4O5/c1-14-9-18(33-26(34)38-27(2,3)4)19(13-37-14)32-25-30-12-16-10-15(7-8-17(16)31-25)22-23(28)20(35-5)11-21(36-6)24(22)29/h7-8,10-12,14,18-19H,9,13H2,1-6H3,(H,33,34)(H,30,31,32)/t14-,18-,19+/m0/s1. The molecule has 0 unspecified atom stereocenters. The number of halogens is 2. The lowest BCUT2D eigenvalue weighted by molar-refractivity contribution is 0.0000604. The van der Waals surface area contributed by atoms with Gasteiger partial charge >= 0.3 is 6.09 Å². The summed E-state index contributed by atoms with van der Waals surface area (Å²) in [6.45, 7) is 7.85. The number of benzene rings is 2. The van der Waals surface area contributed by atoms with E-state index in [1.807, 2.05) is 45.9 Å². The third-order valence-corrected chi connectivity index (χ3v) is 6.84. The molecule has 1 fully saturated rings. The molecule has 1 aliphatic rings. The quantitative estimate of drug-likeness (QED) is 0.371. The van der Waals surface area contributed by atoms with Gasteiger partial charge in [0, 0.05) is 23.2 Å². The Morgan fingerprint density at radius 2 is 1.76 bits per heavy atom. The van der Waals surface area contributed by atoms with Crippen molar-refractivity contribution >= 4 is 46.1 Å². The molecule has 0 spiro atoms. The fourth-order valence-electron chi connectivity index (χ4n) is 4.30. The van der Waals surface area contributed by atoms with Crippen LogP contribution in [0.5, 0.6) is 11.5 Å². The van der Waals surface area contributed by atoms with Crippen molar-refractivity contribution in [3.8, 4) is 22.6 Å². The van der Waals surface area contributed by atoms with Crippen molar-refractivity contribution in [1.82, 2.24) is 15.3 Å². The molecule has 0 aliphatic carbocycles. The number of alkyl carbamates (subject to hydrolysis) is 1. The molecule has 4 rings (SSSR count). The maximum absolute atomic E-state index is 12.4. The van der Waals surface area contributed by atoms with Crippen LogP contribution in [-0.2, 0) is 9.47 Å². The molecule has 1 saturated heterocycles. The van der Waals surface area contributed by atoms with Crippen LogP contribution in [-0.4, -0.2) is 60.7 Å². The number of carbonyl (C=O) groups excluding carboxylic acids is 1. The van der Waals surface area contributed by atoms with Crippen molar-refractivity contribution in [2.24, 2.45) is 0 Å². The zero-order chi connectivity index (χ0) is 27.6. The van der Waals surface area contributed by atoms with E-state index in [1.165, 1.54) is 14.2 Å². The number of amides is 1. The number of hydrogen-bond acceptors (Lipinski definition) is 8. The molecule has 3 atom stereocenters. The van der Waals surface area contributed by atoms with Crippen molar-refractivity contribution < 1.29 is 23.7 Å². The van der Waals surface area contributed by atoms with Gasteiger partial charge in [-0.3, -0.25) is 0 Å². The second-order valence-electron chi connectivity index (χ2n) is 10.1. The summed E-state index contributed by atoms with van der Waals surface area (Å²) in [6, 6.07) is 6.84. The van der Waals surface area contributed by atoms with Crippen LogP contribution in [0.3, 0.4) is 0 Å². The summed E-state index contributed by atoms with van der Waals surface area (Å²) in [5.74, 6) is 1.33. The number of nitrogens with one attached hydrogen (secondary N) is 2. The molecule has 204 valence electrons. The zero-order valence-electron chi connectivity index (χ0n) is 22.2. The molecule has 0 bridgehead atoms. The minimum atomic E-state index is -0.589. The van der Waals surface area contributed by atoms with E-state index in [-0.39, 0.29) is 18.2 Å². The van der Waals surface area contributed by atoms with Gasteiger partial charge < -0.3 is 29.6 Å². The summed E-state index contributed by atoms with van der Waals surface area (Å²) < 4.78 is 22.1. The van der Waals surface area contributed by atoms with Gasteiger partial charge in [-0.15, -0.1) is 0 Å². The zero-order valence-corrected chi connectivity index (χ0v) is 23.7. The first-order valence-electron chi connectivity index (χ1n) is 12.2. The molecule has 2 N–H and O–H groups in total. The van der Waals surface area contributed by atoms with Gasteiger partial charge in [0.15, 0.2) is 0 Å². The Morgan fingerprint density at radius 3 is 2.39 bits per heavy atom. The summed E-state index contributed by atoms with van der Waals surface area (Å²) in [7, 11) is 3.07. The highest BCUT2D eigenvalue weighted by atomic mass is 35.5. The van der Waals surface area contributed by atoms with Crippen molar-refractivity contribution in [3.05, 3.63) is 40.5 Å². The number of fused-ring (bicyclic) bond motifs is 1. The first kappa shape index (κ1) is 28.0. The van der Waals surface area contributed by atoms with E-state index >= 15 is 0 Å². The lowest BCUT2D eigenvalue weighted by atomic mass is 9.99. The Kier molecular flexibility index (Phi) is 8.40. The van der Waals surface area contributed by atoms with Crippen molar-refractivity contribution in [1.29, 1.82) is 0 Å². The van der Waals surface area contributed by atoms with Crippen LogP contribution in [0, 0.1) is 0 Å². The van der Waals surface area contributed by atoms with Crippen molar-refractivity contribution in [2.45, 2.75) is 57.9 Å². The molecular weight excluding hydrogens is 531 g/mol. The van der Waals surface area contributed by atoms with E-state index in [0.717, 1.165) is 16.5 Å². The van der Waals surface area contributed by atoms with Crippen molar-refractivity contribution in [3.63, 3.8) is 0 Å². The van der Waals surface area contributed by atoms with Gasteiger partial charge in [-0.05, 0) is 51.8 Å². The van der Waals surface area contributed by atoms with E-state index in [2.05, 4.69) is 20.6 Å². The summed E-state index contributed by atoms with van der Waals surface area (Å²) >= 11 is 13.2. The molecule has 1 amide bonds. The molecule has 0 saturated carbocycles. The highest BCUT2D eigenvalue weighted by molar-refractivity contribution is 6.41. The van der Waals surface area contributed by atoms with Crippen LogP contribution in [0.4, 0.5) is 10.7 Å². The topological polar surface area (TPSA) is 104 Å². The van der Waals surface area contributed by atoms with Gasteiger partial charge in [0.1, 0.15) is 17.1 Å². The van der Waals surface area contributed by atoms with Crippen LogP contribution in [0.15, 0.2) is 30.5 Å². The number of nitrogens with zero attached hydrogens (tertiary/aromatic N) is 2. The number of aromatic nitrogens is 2. The monoisotopic (exact) mass is 562 g/mol. The average Bonchev–Trinajstić information content (AvgIpc) is 2.85. The number of rotatable bonds is 6. The lowest BCUT2D eigenvalue weighted by Crippen LogP contribution is -2.54. The molecule has 38 heavy (non-hydrogen) atoms. The Labute approximate surface area is 232 Å². The smallest absolute Gasteiger partial charge is 0.407 e. The lowest BCUT2D eigenvalue weighted by Gasteiger charge is -2.36. The van der Waals surface area contributed by atoms with E-state index in [4.69, 9.17) is 42.1 Å². The predicted molar refractivity (Wildman–Crippen MR) is 149 cm³/mol. The largest absolute Gasteiger partial charge is 0.495 e. The van der Waals surface area contributed by atoms with Crippen LogP contribution >= 0.6 is 23.2 Å². The summed E-state index contributed by atoms with van der Waals surface area (Å²) in [4.78, 5) is 21.6. The average molecular weight is 563 g/mol. The maximum Gasteiger partial charge on any atom is 0.407 e. The third-order valence-electron chi connectivity index (χ3n) is 6.09. The first-order valence-corrected chi connectivity index (χ1v) is 13.0. The Morgan fingerprint density at radius 1 is 1.08 bits per heavy atom. The van der Waals surface area contributed by atoms with E-state index in [9.17, 15) is 4.79 Å². The fourth-order valence-corrected chi connectivity index (χ4v) is 5.02. The minimum Gasteiger partial charge on any atom is -0.495 e. The molecule has 9 nitrogen and oxygen atoms in total. The van der Waals surface area contributed by atoms with E-state index in [0.29, 0.717) is 46.1 Å². The van der Waals surface area contributed by atoms with E-state index in [1.54, 1.807) is 12.3 Å². The first-order chi connectivity index (χ1) is 18.0. The summed E-state index contributed by atoms with van der Waals surface area (Å²) in [5.41, 5.74) is 1.49. The Balaban J connectivity index is 1.58. The highest BCUT2D eigenvalue weighted by Gasteiger charge is 2.32. The SMILES string of the molecule is COc1cc(OC)c(Cl)c(-c2ccc3nc(N[C@@H]4CO[C@@H](C)C[C@@H]4NC(=O)OC(C)(C)C)ncc3c2)c1Cl. The number of ether oxygens (including phenoxy) is 4. The van der Waals surface area contributed by atoms with E-state index < -0.39 is 11.7 Å². The molecule has 1 aromatic heterocycles. The maximum atomic E-state index is 12.4. The minimum absolute atomic E-state index is 0.00203. The molecule has 2 aromatic carbocycles. The molecule has 3 aromatic rings. The Bertz CT molecular complexity index is 1300. The number of hydrogen-bond donors (Lipinski definition) is 2. The fraction of sp³-hybridized carbons (Fsp3) is 0.444. The second kappa shape index (κ2) is 11.4. The van der Waals surface area contributed by atoms with Crippen LogP contribution < -0.4 is 20.1 Å². The van der Waals surface area contributed by atoms with Gasteiger partial charge in [0.05, 0.1) is 54.6 Å². The molecule has 11 heteroatoms. The van der Waals surface area contributed by atoms with Crippen molar-refractivity contribution in [2.75, 3.05) is 26.1 Å². The summed E-state index contributed by atoms with van der Waals surface area (Å²) in [5, 5.41) is 7.83. The van der Waals surface area contributed by atoms with Gasteiger partial charge in [-0.1, -0.05) is 29.3 Å². The second-order valence-corrected chi connectivity index (χ2v) is 10.9. The van der Waals surface area contributed by atoms with Crippen LogP contribution in [0.2, 0.25) is 10.0 Å². The molecular formula is C27H32Cl2N4O5. The number of methoxy groups -OCH3 is 2. The third kappa shape index (κ3) is 6.34. The molecule has 2 heterocycles. The van der Waals surface area contributed by atoms with Gasteiger partial charge in [0.2, 0.25) is 5.95 Å². The number of carbonyl (C=O) groups is 1. The Hall–Kier alpha value is -3.01.